The molecule has 3 aromatic rings. The highest BCUT2D eigenvalue weighted by molar-refractivity contribution is 6.21. The highest BCUT2D eigenvalue weighted by Crippen LogP contribution is 2.33. The van der Waals surface area contributed by atoms with Crippen LogP contribution < -0.4 is 15.2 Å². The van der Waals surface area contributed by atoms with Crippen LogP contribution >= 0.6 is 0 Å². The number of ether oxygens (including phenoxy) is 3. The lowest BCUT2D eigenvalue weighted by Crippen LogP contribution is -2.41. The van der Waals surface area contributed by atoms with Crippen LogP contribution in [0.2, 0.25) is 0 Å². The number of anilines is 1. The molecule has 190 valence electrons. The van der Waals surface area contributed by atoms with Crippen LogP contribution in [0.1, 0.15) is 29.8 Å². The first-order valence-corrected chi connectivity index (χ1v) is 10.7. The molecule has 0 fully saturated rings. The van der Waals surface area contributed by atoms with Gasteiger partial charge in [0.1, 0.15) is 5.56 Å². The molecule has 3 rings (SSSR count). The fourth-order valence-corrected chi connectivity index (χ4v) is 3.40. The van der Waals surface area contributed by atoms with Crippen molar-refractivity contribution >= 4 is 34.7 Å². The Morgan fingerprint density at radius 3 is 2.14 bits per heavy atom. The third kappa shape index (κ3) is 5.16. The second kappa shape index (κ2) is 10.5. The van der Waals surface area contributed by atoms with Crippen molar-refractivity contribution < 1.29 is 41.8 Å². The van der Waals surface area contributed by atoms with Gasteiger partial charge < -0.3 is 18.8 Å². The van der Waals surface area contributed by atoms with Crippen LogP contribution in [0.5, 0.6) is 5.75 Å². The maximum absolute atomic E-state index is 13.7. The van der Waals surface area contributed by atoms with Crippen LogP contribution in [0.3, 0.4) is 0 Å². The number of pyridine rings is 1. The third-order valence-electron chi connectivity index (χ3n) is 5.02. The Kier molecular flexibility index (Phi) is 7.66. The van der Waals surface area contributed by atoms with Crippen molar-refractivity contribution in [2.24, 2.45) is 7.05 Å². The van der Waals surface area contributed by atoms with Crippen LogP contribution in [-0.4, -0.2) is 35.9 Å². The summed E-state index contributed by atoms with van der Waals surface area (Å²) in [6, 6.07) is 9.31. The van der Waals surface area contributed by atoms with Gasteiger partial charge in [-0.25, -0.2) is 14.5 Å². The minimum absolute atomic E-state index is 0.0641. The van der Waals surface area contributed by atoms with Crippen LogP contribution in [0.15, 0.2) is 53.3 Å². The number of fused-ring (bicyclic) bond motifs is 1. The number of aryl methyl sites for hydroxylation is 1. The van der Waals surface area contributed by atoms with Gasteiger partial charge in [-0.15, -0.1) is 0 Å². The minimum Gasteiger partial charge on any atom is -0.449 e. The van der Waals surface area contributed by atoms with Crippen LogP contribution in [0.4, 0.5) is 28.4 Å². The van der Waals surface area contributed by atoms with Crippen LogP contribution in [-0.2, 0) is 22.7 Å². The topological polar surface area (TPSA) is 104 Å². The highest BCUT2D eigenvalue weighted by atomic mass is 19.4. The van der Waals surface area contributed by atoms with E-state index in [2.05, 4.69) is 0 Å². The molecule has 0 atom stereocenters. The number of carbonyl (C=O) groups excluding carboxylic acids is 3. The average Bonchev–Trinajstić information content (AvgIpc) is 2.82. The van der Waals surface area contributed by atoms with Gasteiger partial charge in [0.2, 0.25) is 0 Å². The predicted molar refractivity (Wildman–Crippen MR) is 122 cm³/mol. The molecule has 1 heterocycles. The number of amides is 2. The molecule has 0 bridgehead atoms. The number of benzene rings is 2. The van der Waals surface area contributed by atoms with Gasteiger partial charge in [0.15, 0.2) is 5.75 Å². The smallest absolute Gasteiger partial charge is 0.449 e. The zero-order valence-electron chi connectivity index (χ0n) is 19.4. The SMILES string of the molecule is CCOC(=O)Oc1c(C(=O)N(C(=O)OCC)c2ccc(C(F)(F)F)cc2)c(=O)n(C)c2ccccc12. The average molecular weight is 506 g/mol. The number of hydrogen-bond donors (Lipinski definition) is 0. The van der Waals surface area contributed by atoms with E-state index in [0.717, 1.165) is 16.7 Å². The van der Waals surface area contributed by atoms with Crippen molar-refractivity contribution in [2.75, 3.05) is 18.1 Å². The van der Waals surface area contributed by atoms with Crippen molar-refractivity contribution in [3.63, 3.8) is 0 Å². The molecule has 0 spiro atoms. The number of halogens is 3. The summed E-state index contributed by atoms with van der Waals surface area (Å²) in [4.78, 5) is 52.3. The van der Waals surface area contributed by atoms with Gasteiger partial charge in [0.05, 0.1) is 30.0 Å². The van der Waals surface area contributed by atoms with Gasteiger partial charge in [-0.05, 0) is 50.2 Å². The van der Waals surface area contributed by atoms with Gasteiger partial charge in [-0.1, -0.05) is 12.1 Å². The number of imide groups is 1. The number of aromatic nitrogens is 1. The summed E-state index contributed by atoms with van der Waals surface area (Å²) >= 11 is 0. The molecule has 0 saturated carbocycles. The first kappa shape index (κ1) is 26.3. The van der Waals surface area contributed by atoms with E-state index in [4.69, 9.17) is 14.2 Å². The van der Waals surface area contributed by atoms with Crippen molar-refractivity contribution in [3.8, 4) is 5.75 Å². The molecular formula is C24H21F3N2O7. The number of nitrogens with zero attached hydrogens (tertiary/aromatic N) is 2. The van der Waals surface area contributed by atoms with Gasteiger partial charge in [0.25, 0.3) is 11.5 Å². The Morgan fingerprint density at radius 2 is 1.56 bits per heavy atom. The van der Waals surface area contributed by atoms with Crippen molar-refractivity contribution in [1.29, 1.82) is 0 Å². The lowest BCUT2D eigenvalue weighted by molar-refractivity contribution is -0.137. The largest absolute Gasteiger partial charge is 0.513 e. The number of alkyl halides is 3. The molecule has 36 heavy (non-hydrogen) atoms. The van der Waals surface area contributed by atoms with E-state index in [1.807, 2.05) is 0 Å². The summed E-state index contributed by atoms with van der Waals surface area (Å²) in [5.74, 6) is -1.75. The van der Waals surface area contributed by atoms with E-state index in [-0.39, 0.29) is 24.3 Å². The van der Waals surface area contributed by atoms with Crippen molar-refractivity contribution in [2.45, 2.75) is 20.0 Å². The highest BCUT2D eigenvalue weighted by Gasteiger charge is 2.35. The number of hydrogen-bond acceptors (Lipinski definition) is 7. The third-order valence-corrected chi connectivity index (χ3v) is 5.02. The number of rotatable bonds is 5. The maximum Gasteiger partial charge on any atom is 0.513 e. The fraction of sp³-hybridized carbons (Fsp3) is 0.250. The number of carbonyl (C=O) groups is 3. The Balaban J connectivity index is 2.26. The zero-order chi connectivity index (χ0) is 26.6. The molecule has 9 nitrogen and oxygen atoms in total. The standard InChI is InChI=1S/C24H21F3N2O7/c1-4-34-22(32)29(15-12-10-14(11-13-15)24(25,26)27)21(31)18-19(36-23(33)35-5-2)16-8-6-7-9-17(16)28(3)20(18)30/h6-13H,4-5H2,1-3H3. The van der Waals surface area contributed by atoms with E-state index in [0.29, 0.717) is 22.5 Å². The summed E-state index contributed by atoms with van der Waals surface area (Å²) in [6.45, 7) is 2.73. The van der Waals surface area contributed by atoms with Gasteiger partial charge in [0, 0.05) is 12.4 Å². The summed E-state index contributed by atoms with van der Waals surface area (Å²) in [5, 5.41) is 0.173. The van der Waals surface area contributed by atoms with Crippen molar-refractivity contribution in [3.05, 3.63) is 70.0 Å². The van der Waals surface area contributed by atoms with Gasteiger partial charge >= 0.3 is 18.4 Å². The molecule has 0 N–H and O–H groups in total. The predicted octanol–water partition coefficient (Wildman–Crippen LogP) is 4.90. The molecular weight excluding hydrogens is 485 g/mol. The van der Waals surface area contributed by atoms with E-state index in [9.17, 15) is 32.3 Å². The monoisotopic (exact) mass is 506 g/mol. The molecule has 1 aromatic heterocycles. The fourth-order valence-electron chi connectivity index (χ4n) is 3.40. The van der Waals surface area contributed by atoms with Gasteiger partial charge in [-0.2, -0.15) is 13.2 Å². The molecule has 0 saturated heterocycles. The number of para-hydroxylation sites is 1. The summed E-state index contributed by atoms with van der Waals surface area (Å²) in [7, 11) is 1.36. The van der Waals surface area contributed by atoms with E-state index in [1.165, 1.54) is 27.0 Å². The molecule has 0 radical (unpaired) electrons. The summed E-state index contributed by atoms with van der Waals surface area (Å²) < 4.78 is 55.1. The Morgan fingerprint density at radius 1 is 0.944 bits per heavy atom. The summed E-state index contributed by atoms with van der Waals surface area (Å²) in [5.41, 5.74) is -2.67. The Bertz CT molecular complexity index is 1370. The molecule has 0 aliphatic heterocycles. The first-order valence-electron chi connectivity index (χ1n) is 10.7. The quantitative estimate of drug-likeness (QED) is 0.454. The second-order valence-corrected chi connectivity index (χ2v) is 7.25. The maximum atomic E-state index is 13.7. The van der Waals surface area contributed by atoms with Gasteiger partial charge in [-0.3, -0.25) is 9.59 Å². The van der Waals surface area contributed by atoms with Crippen LogP contribution in [0.25, 0.3) is 10.9 Å². The first-order chi connectivity index (χ1) is 17.0. The van der Waals surface area contributed by atoms with E-state index < -0.39 is 46.8 Å². The zero-order valence-corrected chi connectivity index (χ0v) is 19.4. The Hall–Kier alpha value is -4.35. The lowest BCUT2D eigenvalue weighted by atomic mass is 10.1. The van der Waals surface area contributed by atoms with E-state index >= 15 is 0 Å². The van der Waals surface area contributed by atoms with Crippen LogP contribution in [0, 0.1) is 0 Å². The molecule has 0 aliphatic carbocycles. The Labute approximate surface area is 202 Å². The molecule has 2 aromatic carbocycles. The molecule has 0 unspecified atom stereocenters. The second-order valence-electron chi connectivity index (χ2n) is 7.25. The normalized spacial score (nSPS) is 11.2. The molecule has 0 aliphatic rings. The molecule has 12 heteroatoms. The summed E-state index contributed by atoms with van der Waals surface area (Å²) in [6.07, 6.45) is -7.12. The lowest BCUT2D eigenvalue weighted by Gasteiger charge is -2.22. The van der Waals surface area contributed by atoms with E-state index in [1.54, 1.807) is 18.2 Å². The molecule has 2 amide bonds. The minimum atomic E-state index is -4.66. The van der Waals surface area contributed by atoms with Crippen molar-refractivity contribution in [1.82, 2.24) is 4.57 Å².